The molecule has 1 aromatic carbocycles. The summed E-state index contributed by atoms with van der Waals surface area (Å²) in [5.41, 5.74) is 1.95. The molecule has 7 heteroatoms. The molecule has 23 heavy (non-hydrogen) atoms. The summed E-state index contributed by atoms with van der Waals surface area (Å²) in [5.74, 6) is -1.81. The Morgan fingerprint density at radius 3 is 2.61 bits per heavy atom. The summed E-state index contributed by atoms with van der Waals surface area (Å²) in [7, 11) is 0. The number of carbonyl (C=O) groups excluding carboxylic acids is 2. The Morgan fingerprint density at radius 2 is 1.87 bits per heavy atom. The Labute approximate surface area is 130 Å². The summed E-state index contributed by atoms with van der Waals surface area (Å²) >= 11 is 0. The number of ketones is 2. The quantitative estimate of drug-likeness (QED) is 0.537. The molecule has 0 fully saturated rings. The van der Waals surface area contributed by atoms with Crippen molar-refractivity contribution in [2.45, 2.75) is 12.8 Å². The predicted molar refractivity (Wildman–Crippen MR) is 79.4 cm³/mol. The second-order valence-electron chi connectivity index (χ2n) is 5.03. The number of Topliss-reactive ketones (excluding diaryl/α,β-unsaturated/α-hetero) is 2. The topological polar surface area (TPSA) is 91.5 Å². The van der Waals surface area contributed by atoms with Crippen LogP contribution >= 0.6 is 0 Å². The molecule has 0 unspecified atom stereocenters. The lowest BCUT2D eigenvalue weighted by molar-refractivity contribution is -0.114. The summed E-state index contributed by atoms with van der Waals surface area (Å²) in [5, 5.41) is 6.00. The van der Waals surface area contributed by atoms with Crippen LogP contribution in [-0.4, -0.2) is 31.7 Å². The number of carbonyl (C=O) groups is 2. The molecule has 6 nitrogen and oxygen atoms in total. The SMILES string of the molecule is O=C(Cc1c[nH]cc1Cc1ccccc1F)C(=O)c1nc[nH]n1. The molecule has 2 N–H and O–H groups in total. The molecule has 0 radical (unpaired) electrons. The van der Waals surface area contributed by atoms with Gasteiger partial charge in [0.15, 0.2) is 0 Å². The highest BCUT2D eigenvalue weighted by Crippen LogP contribution is 2.17. The van der Waals surface area contributed by atoms with E-state index in [-0.39, 0.29) is 18.1 Å². The number of rotatable bonds is 6. The number of nitrogens with one attached hydrogen (secondary N) is 2. The average molecular weight is 312 g/mol. The minimum atomic E-state index is -0.746. The molecular formula is C16H13FN4O2. The lowest BCUT2D eigenvalue weighted by Gasteiger charge is -2.04. The van der Waals surface area contributed by atoms with Crippen LogP contribution in [0.25, 0.3) is 0 Å². The zero-order valence-electron chi connectivity index (χ0n) is 12.0. The summed E-state index contributed by atoms with van der Waals surface area (Å²) in [6, 6.07) is 6.45. The zero-order chi connectivity index (χ0) is 16.2. The highest BCUT2D eigenvalue weighted by atomic mass is 19.1. The third-order valence-electron chi connectivity index (χ3n) is 3.49. The number of aromatic nitrogens is 4. The normalized spacial score (nSPS) is 10.7. The van der Waals surface area contributed by atoms with E-state index in [1.165, 1.54) is 12.4 Å². The molecule has 0 amide bonds. The third-order valence-corrected chi connectivity index (χ3v) is 3.49. The maximum absolute atomic E-state index is 13.7. The number of benzene rings is 1. The fraction of sp³-hybridized carbons (Fsp3) is 0.125. The Hall–Kier alpha value is -3.09. The smallest absolute Gasteiger partial charge is 0.267 e. The minimum Gasteiger partial charge on any atom is -0.367 e. The Kier molecular flexibility index (Phi) is 4.09. The Bertz CT molecular complexity index is 839. The van der Waals surface area contributed by atoms with E-state index in [9.17, 15) is 14.0 Å². The lowest BCUT2D eigenvalue weighted by Crippen LogP contribution is -2.18. The second kappa shape index (κ2) is 6.35. The van der Waals surface area contributed by atoms with Gasteiger partial charge in [-0.25, -0.2) is 9.37 Å². The zero-order valence-corrected chi connectivity index (χ0v) is 12.0. The van der Waals surface area contributed by atoms with Crippen molar-refractivity contribution in [3.63, 3.8) is 0 Å². The van der Waals surface area contributed by atoms with Gasteiger partial charge in [-0.1, -0.05) is 18.2 Å². The van der Waals surface area contributed by atoms with E-state index in [1.807, 2.05) is 0 Å². The van der Waals surface area contributed by atoms with Crippen LogP contribution in [0.2, 0.25) is 0 Å². The molecule has 0 aliphatic carbocycles. The van der Waals surface area contributed by atoms with Crippen molar-refractivity contribution in [3.05, 3.63) is 71.3 Å². The molecule has 0 atom stereocenters. The maximum atomic E-state index is 13.7. The van der Waals surface area contributed by atoms with Crippen molar-refractivity contribution in [2.24, 2.45) is 0 Å². The van der Waals surface area contributed by atoms with Gasteiger partial charge in [-0.05, 0) is 22.8 Å². The van der Waals surface area contributed by atoms with Gasteiger partial charge in [0.1, 0.15) is 12.1 Å². The van der Waals surface area contributed by atoms with Crippen molar-refractivity contribution in [1.82, 2.24) is 20.2 Å². The van der Waals surface area contributed by atoms with E-state index in [0.29, 0.717) is 17.5 Å². The van der Waals surface area contributed by atoms with Gasteiger partial charge >= 0.3 is 0 Å². The number of hydrogen-bond donors (Lipinski definition) is 2. The van der Waals surface area contributed by atoms with E-state index in [4.69, 9.17) is 0 Å². The van der Waals surface area contributed by atoms with E-state index in [1.54, 1.807) is 30.6 Å². The highest BCUT2D eigenvalue weighted by molar-refractivity contribution is 6.43. The second-order valence-corrected chi connectivity index (χ2v) is 5.03. The molecule has 0 aliphatic heterocycles. The van der Waals surface area contributed by atoms with E-state index in [2.05, 4.69) is 20.2 Å². The van der Waals surface area contributed by atoms with Crippen LogP contribution in [-0.2, 0) is 17.6 Å². The summed E-state index contributed by atoms with van der Waals surface area (Å²) < 4.78 is 13.7. The molecule has 2 aromatic heterocycles. The summed E-state index contributed by atoms with van der Waals surface area (Å²) in [6.45, 7) is 0. The van der Waals surface area contributed by atoms with Crippen molar-refractivity contribution < 1.29 is 14.0 Å². The molecule has 0 aliphatic rings. The number of aromatic amines is 2. The van der Waals surface area contributed by atoms with Crippen molar-refractivity contribution >= 4 is 11.6 Å². The fourth-order valence-electron chi connectivity index (χ4n) is 2.30. The van der Waals surface area contributed by atoms with Crippen LogP contribution in [0.4, 0.5) is 4.39 Å². The van der Waals surface area contributed by atoms with Crippen LogP contribution in [0.3, 0.4) is 0 Å². The first kappa shape index (κ1) is 14.8. The average Bonchev–Trinajstić information content (AvgIpc) is 3.21. The number of nitrogens with zero attached hydrogens (tertiary/aromatic N) is 2. The van der Waals surface area contributed by atoms with Crippen molar-refractivity contribution in [1.29, 1.82) is 0 Å². The maximum Gasteiger partial charge on any atom is 0.267 e. The van der Waals surface area contributed by atoms with Crippen LogP contribution in [0.15, 0.2) is 43.0 Å². The number of halogens is 1. The first-order valence-electron chi connectivity index (χ1n) is 6.96. The van der Waals surface area contributed by atoms with Crippen LogP contribution in [0, 0.1) is 5.82 Å². The first-order valence-corrected chi connectivity index (χ1v) is 6.96. The van der Waals surface area contributed by atoms with Gasteiger partial charge in [-0.2, -0.15) is 0 Å². The van der Waals surface area contributed by atoms with Gasteiger partial charge in [0.2, 0.25) is 11.6 Å². The third kappa shape index (κ3) is 3.23. The molecule has 0 bridgehead atoms. The Morgan fingerprint density at radius 1 is 1.09 bits per heavy atom. The van der Waals surface area contributed by atoms with Gasteiger partial charge < -0.3 is 4.98 Å². The standard InChI is InChI=1S/C16H13FN4O2/c17-13-4-2-1-3-10(13)5-11-7-18-8-12(11)6-14(22)15(23)16-19-9-20-21-16/h1-4,7-9,18H,5-6H2,(H,19,20,21). The molecule has 116 valence electrons. The van der Waals surface area contributed by atoms with Crippen LogP contribution in [0.5, 0.6) is 0 Å². The minimum absolute atomic E-state index is 0.0827. The monoisotopic (exact) mass is 312 g/mol. The van der Waals surface area contributed by atoms with E-state index in [0.717, 1.165) is 5.56 Å². The van der Waals surface area contributed by atoms with Gasteiger partial charge in [-0.3, -0.25) is 14.7 Å². The van der Waals surface area contributed by atoms with Crippen LogP contribution in [0.1, 0.15) is 27.3 Å². The first-order chi connectivity index (χ1) is 11.1. The van der Waals surface area contributed by atoms with Crippen molar-refractivity contribution in [2.75, 3.05) is 0 Å². The van der Waals surface area contributed by atoms with Gasteiger partial charge in [0, 0.05) is 25.2 Å². The molecule has 0 saturated heterocycles. The number of hydrogen-bond acceptors (Lipinski definition) is 4. The van der Waals surface area contributed by atoms with Gasteiger partial charge in [0.25, 0.3) is 5.78 Å². The molecule has 0 saturated carbocycles. The molecule has 0 spiro atoms. The van der Waals surface area contributed by atoms with Crippen molar-refractivity contribution in [3.8, 4) is 0 Å². The Balaban J connectivity index is 1.75. The molecule has 3 aromatic rings. The molecular weight excluding hydrogens is 299 g/mol. The van der Waals surface area contributed by atoms with Gasteiger partial charge in [0.05, 0.1) is 0 Å². The lowest BCUT2D eigenvalue weighted by atomic mass is 9.99. The number of H-pyrrole nitrogens is 2. The largest absolute Gasteiger partial charge is 0.367 e. The molecule has 3 rings (SSSR count). The highest BCUT2D eigenvalue weighted by Gasteiger charge is 2.21. The van der Waals surface area contributed by atoms with Gasteiger partial charge in [-0.15, -0.1) is 5.10 Å². The van der Waals surface area contributed by atoms with E-state index < -0.39 is 11.6 Å². The summed E-state index contributed by atoms with van der Waals surface area (Å²) in [4.78, 5) is 30.5. The summed E-state index contributed by atoms with van der Waals surface area (Å²) in [6.07, 6.45) is 4.83. The van der Waals surface area contributed by atoms with E-state index >= 15 is 0 Å². The fourth-order valence-corrected chi connectivity index (χ4v) is 2.30. The predicted octanol–water partition coefficient (Wildman–Crippen LogP) is 1.86. The molecule has 2 heterocycles. The van der Waals surface area contributed by atoms with Crippen LogP contribution < -0.4 is 0 Å².